The van der Waals surface area contributed by atoms with Gasteiger partial charge in [0.2, 0.25) is 0 Å². The fraction of sp³-hybridized carbons (Fsp3) is 0.125. The van der Waals surface area contributed by atoms with Gasteiger partial charge in [-0.3, -0.25) is 0 Å². The van der Waals surface area contributed by atoms with Crippen molar-refractivity contribution in [1.82, 2.24) is 0 Å². The lowest BCUT2D eigenvalue weighted by molar-refractivity contribution is 0.0515. The molecule has 0 aromatic heterocycles. The van der Waals surface area contributed by atoms with Gasteiger partial charge in [0.05, 0.1) is 11.3 Å². The van der Waals surface area contributed by atoms with Crippen LogP contribution in [-0.2, 0) is 11.3 Å². The van der Waals surface area contributed by atoms with E-state index in [0.717, 1.165) is 30.2 Å². The molecule has 0 radical (unpaired) electrons. The Labute approximate surface area is 115 Å². The molecule has 3 nitrogen and oxygen atoms in total. The van der Waals surface area contributed by atoms with E-state index in [1.807, 2.05) is 24.3 Å². The van der Waals surface area contributed by atoms with Gasteiger partial charge >= 0.3 is 5.97 Å². The van der Waals surface area contributed by atoms with Gasteiger partial charge in [-0.05, 0) is 36.6 Å². The molecule has 0 bridgehead atoms. The van der Waals surface area contributed by atoms with Crippen LogP contribution < -0.4 is 0 Å². The van der Waals surface area contributed by atoms with Gasteiger partial charge in [-0.25, -0.2) is 9.18 Å². The van der Waals surface area contributed by atoms with Crippen molar-refractivity contribution in [3.8, 4) is 0 Å². The van der Waals surface area contributed by atoms with E-state index in [0.29, 0.717) is 0 Å². The van der Waals surface area contributed by atoms with Crippen LogP contribution in [0.4, 0.5) is 4.39 Å². The van der Waals surface area contributed by atoms with Crippen LogP contribution in [0.5, 0.6) is 0 Å². The van der Waals surface area contributed by atoms with Gasteiger partial charge in [0.1, 0.15) is 5.82 Å². The van der Waals surface area contributed by atoms with Gasteiger partial charge < -0.3 is 4.84 Å². The predicted octanol–water partition coefficient (Wildman–Crippen LogP) is 3.33. The number of fused-ring (bicyclic) bond motifs is 1. The Morgan fingerprint density at radius 1 is 1.10 bits per heavy atom. The molecule has 1 aliphatic carbocycles. The van der Waals surface area contributed by atoms with Crippen LogP contribution in [0.3, 0.4) is 0 Å². The van der Waals surface area contributed by atoms with Gasteiger partial charge in [0.15, 0.2) is 0 Å². The summed E-state index contributed by atoms with van der Waals surface area (Å²) in [6, 6.07) is 13.2. The van der Waals surface area contributed by atoms with E-state index >= 15 is 0 Å². The molecule has 100 valence electrons. The van der Waals surface area contributed by atoms with Crippen LogP contribution in [0.1, 0.15) is 27.9 Å². The lowest BCUT2D eigenvalue weighted by Gasteiger charge is -2.01. The number of hydrogen-bond donors (Lipinski definition) is 0. The van der Waals surface area contributed by atoms with Crippen molar-refractivity contribution in [2.75, 3.05) is 0 Å². The summed E-state index contributed by atoms with van der Waals surface area (Å²) in [4.78, 5) is 16.7. The second-order valence-corrected chi connectivity index (χ2v) is 4.58. The minimum atomic E-state index is -0.651. The first-order valence-corrected chi connectivity index (χ1v) is 6.36. The van der Waals surface area contributed by atoms with Gasteiger partial charge in [0.25, 0.3) is 0 Å². The summed E-state index contributed by atoms with van der Waals surface area (Å²) in [6.45, 7) is 0. The number of benzene rings is 2. The van der Waals surface area contributed by atoms with Gasteiger partial charge in [-0.2, -0.15) is 0 Å². The number of halogens is 1. The number of aryl methyl sites for hydroxylation is 1. The summed E-state index contributed by atoms with van der Waals surface area (Å²) < 4.78 is 13.0. The maximum absolute atomic E-state index is 13.0. The minimum Gasteiger partial charge on any atom is -0.313 e. The summed E-state index contributed by atoms with van der Waals surface area (Å²) in [5, 5.41) is 3.92. The third-order valence-corrected chi connectivity index (χ3v) is 3.26. The zero-order valence-electron chi connectivity index (χ0n) is 10.7. The van der Waals surface area contributed by atoms with Crippen molar-refractivity contribution >= 4 is 11.7 Å². The fourth-order valence-corrected chi connectivity index (χ4v) is 2.27. The normalized spacial score (nSPS) is 15.2. The number of carbonyl (C=O) groups excluding carboxylic acids is 1. The number of nitrogens with zero attached hydrogens (tertiary/aromatic N) is 1. The Morgan fingerprint density at radius 2 is 1.95 bits per heavy atom. The number of rotatable bonds is 2. The van der Waals surface area contributed by atoms with E-state index < -0.39 is 11.8 Å². The molecule has 0 heterocycles. The van der Waals surface area contributed by atoms with Crippen molar-refractivity contribution in [2.45, 2.75) is 12.8 Å². The Balaban J connectivity index is 1.77. The summed E-state index contributed by atoms with van der Waals surface area (Å²) in [7, 11) is 0. The quantitative estimate of drug-likeness (QED) is 0.619. The van der Waals surface area contributed by atoms with E-state index in [2.05, 4.69) is 5.16 Å². The van der Waals surface area contributed by atoms with Crippen LogP contribution >= 0.6 is 0 Å². The lowest BCUT2D eigenvalue weighted by atomic mass is 10.1. The van der Waals surface area contributed by atoms with Gasteiger partial charge in [0, 0.05) is 5.56 Å². The Morgan fingerprint density at radius 3 is 2.80 bits per heavy atom. The number of hydrogen-bond acceptors (Lipinski definition) is 3. The summed E-state index contributed by atoms with van der Waals surface area (Å²) in [6.07, 6.45) is 1.64. The molecule has 1 aliphatic rings. The van der Waals surface area contributed by atoms with Crippen molar-refractivity contribution in [3.05, 3.63) is 71.0 Å². The molecule has 0 aliphatic heterocycles. The summed E-state index contributed by atoms with van der Waals surface area (Å²) >= 11 is 0. The first-order valence-electron chi connectivity index (χ1n) is 6.36. The first kappa shape index (κ1) is 12.5. The second-order valence-electron chi connectivity index (χ2n) is 4.58. The lowest BCUT2D eigenvalue weighted by Crippen LogP contribution is -2.04. The molecule has 4 heteroatoms. The van der Waals surface area contributed by atoms with Crippen molar-refractivity contribution in [2.24, 2.45) is 5.16 Å². The highest BCUT2D eigenvalue weighted by Crippen LogP contribution is 2.22. The Bertz CT molecular complexity index is 694. The summed E-state index contributed by atoms with van der Waals surface area (Å²) in [5.41, 5.74) is 3.12. The topological polar surface area (TPSA) is 38.7 Å². The largest absolute Gasteiger partial charge is 0.365 e. The van der Waals surface area contributed by atoms with E-state index in [4.69, 9.17) is 4.84 Å². The monoisotopic (exact) mass is 269 g/mol. The van der Waals surface area contributed by atoms with E-state index in [1.54, 1.807) is 0 Å². The first-order chi connectivity index (χ1) is 9.74. The highest BCUT2D eigenvalue weighted by atomic mass is 19.1. The van der Waals surface area contributed by atoms with E-state index in [-0.39, 0.29) is 5.56 Å². The Hall–Kier alpha value is -2.49. The molecule has 0 atom stereocenters. The molecule has 0 amide bonds. The smallest absolute Gasteiger partial charge is 0.313 e. The molecule has 0 unspecified atom stereocenters. The highest BCUT2D eigenvalue weighted by molar-refractivity contribution is 6.04. The average molecular weight is 269 g/mol. The molecule has 0 saturated heterocycles. The number of carbonyl (C=O) groups is 1. The fourth-order valence-electron chi connectivity index (χ4n) is 2.27. The molecule has 2 aromatic rings. The van der Waals surface area contributed by atoms with Crippen LogP contribution in [0.2, 0.25) is 0 Å². The third-order valence-electron chi connectivity index (χ3n) is 3.26. The zero-order valence-corrected chi connectivity index (χ0v) is 10.7. The predicted molar refractivity (Wildman–Crippen MR) is 73.1 cm³/mol. The molecule has 0 fully saturated rings. The zero-order chi connectivity index (χ0) is 13.9. The van der Waals surface area contributed by atoms with Crippen molar-refractivity contribution in [3.63, 3.8) is 0 Å². The molecule has 3 rings (SSSR count). The van der Waals surface area contributed by atoms with Crippen LogP contribution in [0.15, 0.2) is 53.7 Å². The van der Waals surface area contributed by atoms with Crippen LogP contribution in [0.25, 0.3) is 0 Å². The molecule has 0 saturated carbocycles. The second kappa shape index (κ2) is 5.25. The molecule has 20 heavy (non-hydrogen) atoms. The summed E-state index contributed by atoms with van der Waals surface area (Å²) in [5.74, 6) is -1.13. The Kier molecular flexibility index (Phi) is 3.29. The van der Waals surface area contributed by atoms with Crippen LogP contribution in [-0.4, -0.2) is 11.7 Å². The minimum absolute atomic E-state index is 0.153. The molecule has 0 spiro atoms. The number of oxime groups is 1. The van der Waals surface area contributed by atoms with Crippen molar-refractivity contribution in [1.29, 1.82) is 0 Å². The van der Waals surface area contributed by atoms with Gasteiger partial charge in [-0.15, -0.1) is 0 Å². The standard InChI is InChI=1S/C16H12FNO2/c17-13-6-3-5-12(10-13)16(19)20-18-15-9-8-11-4-1-2-7-14(11)15/h1-7,10H,8-9H2. The maximum Gasteiger partial charge on any atom is 0.365 e. The van der Waals surface area contributed by atoms with Gasteiger partial charge in [-0.1, -0.05) is 35.5 Å². The highest BCUT2D eigenvalue weighted by Gasteiger charge is 2.18. The van der Waals surface area contributed by atoms with Crippen molar-refractivity contribution < 1.29 is 14.0 Å². The third kappa shape index (κ3) is 2.45. The average Bonchev–Trinajstić information content (AvgIpc) is 2.88. The molecule has 2 aromatic carbocycles. The van der Waals surface area contributed by atoms with E-state index in [1.165, 1.54) is 23.8 Å². The molecular formula is C16H12FNO2. The van der Waals surface area contributed by atoms with Crippen LogP contribution in [0, 0.1) is 5.82 Å². The SMILES string of the molecule is O=C(ON=C1CCc2ccccc21)c1cccc(F)c1. The molecular weight excluding hydrogens is 257 g/mol. The maximum atomic E-state index is 13.0. The van der Waals surface area contributed by atoms with E-state index in [9.17, 15) is 9.18 Å². The molecule has 0 N–H and O–H groups in total.